The van der Waals surface area contributed by atoms with E-state index in [2.05, 4.69) is 48.3 Å². The van der Waals surface area contributed by atoms with Crippen LogP contribution in [0.25, 0.3) is 33.2 Å². The van der Waals surface area contributed by atoms with Crippen molar-refractivity contribution in [1.82, 2.24) is 4.98 Å². The lowest BCUT2D eigenvalue weighted by atomic mass is 9.92. The van der Waals surface area contributed by atoms with E-state index in [0.29, 0.717) is 5.69 Å². The number of nitrogens with zero attached hydrogens (tertiary/aromatic N) is 1. The second-order valence-electron chi connectivity index (χ2n) is 7.03. The van der Waals surface area contributed by atoms with E-state index in [1.165, 1.54) is 29.5 Å². The summed E-state index contributed by atoms with van der Waals surface area (Å²) in [5.74, 6) is -0.0271. The molecule has 3 heteroatoms. The van der Waals surface area contributed by atoms with Crippen LogP contribution in [0.15, 0.2) is 89.5 Å². The van der Waals surface area contributed by atoms with Crippen LogP contribution in [-0.2, 0) is 0 Å². The Morgan fingerprint density at radius 1 is 0.821 bits per heavy atom. The zero-order valence-electron chi connectivity index (χ0n) is 15.4. The van der Waals surface area contributed by atoms with Crippen molar-refractivity contribution in [1.29, 1.82) is 0 Å². The third-order valence-corrected chi connectivity index (χ3v) is 5.32. The fraction of sp³-hybridized carbons (Fsp3) is 0.0800. The summed E-state index contributed by atoms with van der Waals surface area (Å²) in [6.07, 6.45) is 1.48. The number of halogens is 1. The van der Waals surface area contributed by atoms with Gasteiger partial charge in [0.2, 0.25) is 0 Å². The molecule has 3 aromatic carbocycles. The van der Waals surface area contributed by atoms with Gasteiger partial charge in [-0.15, -0.1) is 0 Å². The van der Waals surface area contributed by atoms with E-state index in [1.807, 2.05) is 30.3 Å². The SMILES string of the molecule is CC(c1ccccc1)c1ccc2oc3c(-c4cc(F)ccn4)cccc3c2c1. The Balaban J connectivity index is 1.68. The number of furan rings is 1. The molecule has 0 N–H and O–H groups in total. The Labute approximate surface area is 162 Å². The first-order chi connectivity index (χ1) is 13.7. The molecule has 0 fully saturated rings. The maximum atomic E-state index is 13.7. The van der Waals surface area contributed by atoms with E-state index in [1.54, 1.807) is 0 Å². The van der Waals surface area contributed by atoms with Crippen molar-refractivity contribution in [2.75, 3.05) is 0 Å². The van der Waals surface area contributed by atoms with Gasteiger partial charge in [-0.2, -0.15) is 0 Å². The molecular formula is C25H18FNO. The first-order valence-corrected chi connectivity index (χ1v) is 9.33. The Morgan fingerprint density at radius 3 is 2.50 bits per heavy atom. The summed E-state index contributed by atoms with van der Waals surface area (Å²) in [5, 5.41) is 2.08. The largest absolute Gasteiger partial charge is 0.455 e. The van der Waals surface area contributed by atoms with E-state index in [4.69, 9.17) is 4.42 Å². The molecule has 0 aliphatic carbocycles. The van der Waals surface area contributed by atoms with Crippen LogP contribution in [0.2, 0.25) is 0 Å². The van der Waals surface area contributed by atoms with E-state index < -0.39 is 0 Å². The predicted molar refractivity (Wildman–Crippen MR) is 111 cm³/mol. The second kappa shape index (κ2) is 6.61. The molecule has 0 amide bonds. The van der Waals surface area contributed by atoms with Crippen molar-refractivity contribution in [3.8, 4) is 11.3 Å². The normalized spacial score (nSPS) is 12.5. The average molecular weight is 367 g/mol. The molecule has 0 radical (unpaired) electrons. The van der Waals surface area contributed by atoms with Gasteiger partial charge in [-0.3, -0.25) is 4.98 Å². The fourth-order valence-corrected chi connectivity index (χ4v) is 3.77. The quantitative estimate of drug-likeness (QED) is 0.345. The summed E-state index contributed by atoms with van der Waals surface area (Å²) >= 11 is 0. The van der Waals surface area contributed by atoms with Gasteiger partial charge in [-0.25, -0.2) is 4.39 Å². The van der Waals surface area contributed by atoms with Crippen LogP contribution in [0.5, 0.6) is 0 Å². The fourth-order valence-electron chi connectivity index (χ4n) is 3.77. The lowest BCUT2D eigenvalue weighted by Gasteiger charge is -2.12. The van der Waals surface area contributed by atoms with Gasteiger partial charge in [0.15, 0.2) is 0 Å². The van der Waals surface area contributed by atoms with Gasteiger partial charge in [0.25, 0.3) is 0 Å². The number of hydrogen-bond donors (Lipinski definition) is 0. The van der Waals surface area contributed by atoms with E-state index in [0.717, 1.165) is 27.5 Å². The van der Waals surface area contributed by atoms with Crippen molar-refractivity contribution in [3.05, 3.63) is 102 Å². The summed E-state index contributed by atoms with van der Waals surface area (Å²) in [7, 11) is 0. The minimum absolute atomic E-state index is 0.281. The number of rotatable bonds is 3. The zero-order chi connectivity index (χ0) is 19.1. The van der Waals surface area contributed by atoms with Crippen LogP contribution in [0, 0.1) is 5.82 Å². The predicted octanol–water partition coefficient (Wildman–Crippen LogP) is 6.94. The highest BCUT2D eigenvalue weighted by Crippen LogP contribution is 2.37. The number of aromatic nitrogens is 1. The number of fused-ring (bicyclic) bond motifs is 3. The lowest BCUT2D eigenvalue weighted by Crippen LogP contribution is -1.95. The molecule has 136 valence electrons. The van der Waals surface area contributed by atoms with Gasteiger partial charge < -0.3 is 4.42 Å². The Hall–Kier alpha value is -3.46. The monoisotopic (exact) mass is 367 g/mol. The van der Waals surface area contributed by atoms with Gasteiger partial charge in [-0.1, -0.05) is 55.5 Å². The molecule has 0 spiro atoms. The molecule has 0 aliphatic heterocycles. The van der Waals surface area contributed by atoms with Crippen molar-refractivity contribution >= 4 is 21.9 Å². The van der Waals surface area contributed by atoms with E-state index >= 15 is 0 Å². The first kappa shape index (κ1) is 16.7. The highest BCUT2D eigenvalue weighted by atomic mass is 19.1. The van der Waals surface area contributed by atoms with Gasteiger partial charge in [0, 0.05) is 34.5 Å². The smallest absolute Gasteiger partial charge is 0.144 e. The summed E-state index contributed by atoms with van der Waals surface area (Å²) in [4.78, 5) is 4.32. The Bertz CT molecular complexity index is 1290. The number of pyridine rings is 1. The summed E-state index contributed by atoms with van der Waals surface area (Å²) < 4.78 is 19.8. The molecule has 1 unspecified atom stereocenters. The molecule has 28 heavy (non-hydrogen) atoms. The van der Waals surface area contributed by atoms with Gasteiger partial charge in [0.05, 0.1) is 5.69 Å². The van der Waals surface area contributed by atoms with Gasteiger partial charge in [-0.05, 0) is 35.4 Å². The van der Waals surface area contributed by atoms with Crippen LogP contribution < -0.4 is 0 Å². The molecule has 0 bridgehead atoms. The van der Waals surface area contributed by atoms with E-state index in [9.17, 15) is 4.39 Å². The lowest BCUT2D eigenvalue weighted by molar-refractivity contribution is 0.626. The van der Waals surface area contributed by atoms with Crippen molar-refractivity contribution < 1.29 is 8.81 Å². The van der Waals surface area contributed by atoms with Crippen LogP contribution in [0.3, 0.4) is 0 Å². The summed E-state index contributed by atoms with van der Waals surface area (Å²) in [6.45, 7) is 2.21. The molecular weight excluding hydrogens is 349 g/mol. The number of hydrogen-bond acceptors (Lipinski definition) is 2. The molecule has 2 nitrogen and oxygen atoms in total. The molecule has 0 saturated heterocycles. The molecule has 2 heterocycles. The van der Waals surface area contributed by atoms with Crippen molar-refractivity contribution in [2.24, 2.45) is 0 Å². The Morgan fingerprint density at radius 2 is 1.68 bits per heavy atom. The molecule has 2 aromatic heterocycles. The summed E-state index contributed by atoms with van der Waals surface area (Å²) in [5.41, 5.74) is 5.44. The maximum Gasteiger partial charge on any atom is 0.144 e. The standard InChI is InChI=1S/C25H18FNO/c1-16(17-6-3-2-4-7-17)18-10-11-24-22(14-18)20-8-5-9-21(25(20)28-24)23-15-19(26)12-13-27-23/h2-16H,1H3. The van der Waals surface area contributed by atoms with Crippen LogP contribution in [0.4, 0.5) is 4.39 Å². The van der Waals surface area contributed by atoms with Gasteiger partial charge in [0.1, 0.15) is 17.0 Å². The van der Waals surface area contributed by atoms with Gasteiger partial charge >= 0.3 is 0 Å². The minimum atomic E-state index is -0.308. The van der Waals surface area contributed by atoms with Crippen LogP contribution >= 0.6 is 0 Å². The molecule has 5 aromatic rings. The summed E-state index contributed by atoms with van der Waals surface area (Å²) in [6, 6.07) is 25.5. The molecule has 5 rings (SSSR count). The maximum absolute atomic E-state index is 13.7. The van der Waals surface area contributed by atoms with Crippen molar-refractivity contribution in [2.45, 2.75) is 12.8 Å². The molecule has 0 saturated carbocycles. The topological polar surface area (TPSA) is 26.0 Å². The first-order valence-electron chi connectivity index (χ1n) is 9.33. The number of benzene rings is 3. The van der Waals surface area contributed by atoms with Crippen molar-refractivity contribution in [3.63, 3.8) is 0 Å². The second-order valence-corrected chi connectivity index (χ2v) is 7.03. The van der Waals surface area contributed by atoms with E-state index in [-0.39, 0.29) is 11.7 Å². The number of para-hydroxylation sites is 1. The van der Waals surface area contributed by atoms with Crippen LogP contribution in [0.1, 0.15) is 24.0 Å². The highest BCUT2D eigenvalue weighted by molar-refractivity contribution is 6.09. The third-order valence-electron chi connectivity index (χ3n) is 5.32. The zero-order valence-corrected chi connectivity index (χ0v) is 15.4. The Kier molecular flexibility index (Phi) is 3.94. The molecule has 0 aliphatic rings. The molecule has 1 atom stereocenters. The average Bonchev–Trinajstić information content (AvgIpc) is 3.12. The van der Waals surface area contributed by atoms with Crippen LogP contribution in [-0.4, -0.2) is 4.98 Å². The third kappa shape index (κ3) is 2.76. The minimum Gasteiger partial charge on any atom is -0.455 e. The highest BCUT2D eigenvalue weighted by Gasteiger charge is 2.15.